The van der Waals surface area contributed by atoms with Gasteiger partial charge in [0.1, 0.15) is 5.82 Å². The van der Waals surface area contributed by atoms with Crippen LogP contribution >= 0.6 is 0 Å². The monoisotopic (exact) mass is 283 g/mol. The number of rotatable bonds is 5. The lowest BCUT2D eigenvalue weighted by molar-refractivity contribution is 0.486. The number of benzene rings is 1. The zero-order chi connectivity index (χ0) is 14.8. The van der Waals surface area contributed by atoms with Crippen LogP contribution in [0.2, 0.25) is 0 Å². The van der Waals surface area contributed by atoms with Gasteiger partial charge in [0.15, 0.2) is 0 Å². The summed E-state index contributed by atoms with van der Waals surface area (Å²) in [5, 5.41) is 7.81. The lowest BCUT2D eigenvalue weighted by Crippen LogP contribution is -2.25. The van der Waals surface area contributed by atoms with Gasteiger partial charge in [0.2, 0.25) is 0 Å². The average molecular weight is 283 g/mol. The summed E-state index contributed by atoms with van der Waals surface area (Å²) in [6.45, 7) is 5.93. The van der Waals surface area contributed by atoms with E-state index in [1.165, 1.54) is 11.1 Å². The molecule has 5 nitrogen and oxygen atoms in total. The molecule has 3 rings (SSSR count). The Morgan fingerprint density at radius 1 is 1.29 bits per heavy atom. The Kier molecular flexibility index (Phi) is 3.75. The normalized spacial score (nSPS) is 12.9. The number of nitrogens with zero attached hydrogens (tertiary/aromatic N) is 4. The van der Waals surface area contributed by atoms with E-state index in [0.29, 0.717) is 0 Å². The molecule has 2 heterocycles. The standard InChI is InChI=1S/C16H21N5/c1-12-10-18-21(11-12)9-8-17-13(2)16-19-14-6-4-5-7-15(14)20(16)3/h4-7,10-11,13,17H,8-9H2,1-3H3. The van der Waals surface area contributed by atoms with Crippen LogP contribution in [0.1, 0.15) is 24.4 Å². The van der Waals surface area contributed by atoms with Crippen LogP contribution in [-0.2, 0) is 13.6 Å². The minimum absolute atomic E-state index is 0.207. The van der Waals surface area contributed by atoms with Gasteiger partial charge >= 0.3 is 0 Å². The number of aryl methyl sites for hydroxylation is 2. The van der Waals surface area contributed by atoms with Gasteiger partial charge in [0.05, 0.1) is 29.8 Å². The molecule has 0 amide bonds. The van der Waals surface area contributed by atoms with Gasteiger partial charge in [-0.15, -0.1) is 0 Å². The van der Waals surface area contributed by atoms with Gasteiger partial charge in [0, 0.05) is 19.8 Å². The molecule has 0 bridgehead atoms. The van der Waals surface area contributed by atoms with Crippen LogP contribution in [0.4, 0.5) is 0 Å². The van der Waals surface area contributed by atoms with Gasteiger partial charge in [0.25, 0.3) is 0 Å². The van der Waals surface area contributed by atoms with Crippen molar-refractivity contribution in [2.45, 2.75) is 26.4 Å². The van der Waals surface area contributed by atoms with Crippen LogP contribution in [0.3, 0.4) is 0 Å². The first-order chi connectivity index (χ1) is 10.1. The van der Waals surface area contributed by atoms with Gasteiger partial charge in [-0.25, -0.2) is 4.98 Å². The third kappa shape index (κ3) is 2.83. The SMILES string of the molecule is Cc1cnn(CCNC(C)c2nc3ccccc3n2C)c1. The van der Waals surface area contributed by atoms with E-state index in [4.69, 9.17) is 4.98 Å². The van der Waals surface area contributed by atoms with Crippen LogP contribution in [-0.4, -0.2) is 25.9 Å². The molecule has 2 aromatic heterocycles. The van der Waals surface area contributed by atoms with Crippen molar-refractivity contribution >= 4 is 11.0 Å². The minimum atomic E-state index is 0.207. The van der Waals surface area contributed by atoms with E-state index in [1.54, 1.807) is 0 Å². The molecular weight excluding hydrogens is 262 g/mol. The molecule has 0 aliphatic heterocycles. The van der Waals surface area contributed by atoms with E-state index in [9.17, 15) is 0 Å². The highest BCUT2D eigenvalue weighted by Crippen LogP contribution is 2.18. The van der Waals surface area contributed by atoms with Crippen molar-refractivity contribution in [3.8, 4) is 0 Å². The van der Waals surface area contributed by atoms with Gasteiger partial charge in [-0.05, 0) is 31.5 Å². The Balaban J connectivity index is 1.66. The fraction of sp³-hybridized carbons (Fsp3) is 0.375. The second-order valence-electron chi connectivity index (χ2n) is 5.47. The summed E-state index contributed by atoms with van der Waals surface area (Å²) in [4.78, 5) is 4.72. The number of aromatic nitrogens is 4. The first-order valence-corrected chi connectivity index (χ1v) is 7.29. The van der Waals surface area contributed by atoms with Gasteiger partial charge < -0.3 is 9.88 Å². The molecule has 1 N–H and O–H groups in total. The quantitative estimate of drug-likeness (QED) is 0.782. The first-order valence-electron chi connectivity index (χ1n) is 7.29. The Bertz CT molecular complexity index is 740. The number of imidazole rings is 1. The largest absolute Gasteiger partial charge is 0.330 e. The Labute approximate surface area is 124 Å². The van der Waals surface area contributed by atoms with Crippen LogP contribution in [0.15, 0.2) is 36.7 Å². The minimum Gasteiger partial charge on any atom is -0.330 e. The molecule has 0 saturated heterocycles. The van der Waals surface area contributed by atoms with Gasteiger partial charge in [-0.2, -0.15) is 5.10 Å². The summed E-state index contributed by atoms with van der Waals surface area (Å²) in [6.07, 6.45) is 3.94. The van der Waals surface area contributed by atoms with Crippen LogP contribution < -0.4 is 5.32 Å². The van der Waals surface area contributed by atoms with Crippen molar-refractivity contribution in [1.29, 1.82) is 0 Å². The zero-order valence-electron chi connectivity index (χ0n) is 12.7. The Hall–Kier alpha value is -2.14. The fourth-order valence-corrected chi connectivity index (χ4v) is 2.63. The predicted molar refractivity (Wildman–Crippen MR) is 84.1 cm³/mol. The third-order valence-corrected chi connectivity index (χ3v) is 3.76. The second kappa shape index (κ2) is 5.69. The maximum absolute atomic E-state index is 4.72. The molecule has 5 heteroatoms. The molecule has 0 aliphatic rings. The van der Waals surface area contributed by atoms with Crippen molar-refractivity contribution in [2.75, 3.05) is 6.54 Å². The molecule has 1 atom stereocenters. The van der Waals surface area contributed by atoms with Crippen LogP contribution in [0.5, 0.6) is 0 Å². The molecule has 0 spiro atoms. The van der Waals surface area contributed by atoms with E-state index in [-0.39, 0.29) is 6.04 Å². The highest BCUT2D eigenvalue weighted by atomic mass is 15.3. The number of para-hydroxylation sites is 2. The van der Waals surface area contributed by atoms with E-state index < -0.39 is 0 Å². The van der Waals surface area contributed by atoms with Crippen molar-refractivity contribution in [3.05, 3.63) is 48.0 Å². The van der Waals surface area contributed by atoms with E-state index >= 15 is 0 Å². The number of fused-ring (bicyclic) bond motifs is 1. The van der Waals surface area contributed by atoms with Crippen molar-refractivity contribution in [2.24, 2.45) is 7.05 Å². The molecule has 0 radical (unpaired) electrons. The summed E-state index contributed by atoms with van der Waals surface area (Å²) < 4.78 is 4.12. The van der Waals surface area contributed by atoms with Crippen molar-refractivity contribution < 1.29 is 0 Å². The summed E-state index contributed by atoms with van der Waals surface area (Å²) in [5.74, 6) is 1.06. The summed E-state index contributed by atoms with van der Waals surface area (Å²) in [7, 11) is 2.07. The van der Waals surface area contributed by atoms with Gasteiger partial charge in [-0.1, -0.05) is 12.1 Å². The average Bonchev–Trinajstić information content (AvgIpc) is 3.03. The number of hydrogen-bond acceptors (Lipinski definition) is 3. The molecule has 21 heavy (non-hydrogen) atoms. The third-order valence-electron chi connectivity index (χ3n) is 3.76. The lowest BCUT2D eigenvalue weighted by atomic mass is 10.3. The Morgan fingerprint density at radius 3 is 2.81 bits per heavy atom. The molecule has 1 unspecified atom stereocenters. The summed E-state index contributed by atoms with van der Waals surface area (Å²) >= 11 is 0. The van der Waals surface area contributed by atoms with E-state index in [1.807, 2.05) is 23.0 Å². The van der Waals surface area contributed by atoms with Gasteiger partial charge in [-0.3, -0.25) is 4.68 Å². The maximum atomic E-state index is 4.72. The van der Waals surface area contributed by atoms with E-state index in [0.717, 1.165) is 24.4 Å². The molecule has 0 fully saturated rings. The van der Waals surface area contributed by atoms with Crippen molar-refractivity contribution in [1.82, 2.24) is 24.6 Å². The van der Waals surface area contributed by atoms with E-state index in [2.05, 4.69) is 54.2 Å². The Morgan fingerprint density at radius 2 is 2.10 bits per heavy atom. The highest BCUT2D eigenvalue weighted by molar-refractivity contribution is 5.75. The molecule has 3 aromatic rings. The second-order valence-corrected chi connectivity index (χ2v) is 5.47. The van der Waals surface area contributed by atoms with Crippen LogP contribution in [0.25, 0.3) is 11.0 Å². The first kappa shape index (κ1) is 13.8. The molecular formula is C16H21N5. The van der Waals surface area contributed by atoms with Crippen molar-refractivity contribution in [3.63, 3.8) is 0 Å². The number of hydrogen-bond donors (Lipinski definition) is 1. The smallest absolute Gasteiger partial charge is 0.126 e. The summed E-state index contributed by atoms with van der Waals surface area (Å²) in [5.41, 5.74) is 3.41. The topological polar surface area (TPSA) is 47.7 Å². The molecule has 0 aliphatic carbocycles. The molecule has 1 aromatic carbocycles. The number of nitrogens with one attached hydrogen (secondary N) is 1. The van der Waals surface area contributed by atoms with Crippen LogP contribution in [0, 0.1) is 6.92 Å². The molecule has 110 valence electrons. The summed E-state index contributed by atoms with van der Waals surface area (Å²) in [6, 6.07) is 8.44. The maximum Gasteiger partial charge on any atom is 0.126 e. The lowest BCUT2D eigenvalue weighted by Gasteiger charge is -2.13. The fourth-order valence-electron chi connectivity index (χ4n) is 2.63. The molecule has 0 saturated carbocycles. The predicted octanol–water partition coefficient (Wildman–Crippen LogP) is 2.43. The highest BCUT2D eigenvalue weighted by Gasteiger charge is 2.13. The zero-order valence-corrected chi connectivity index (χ0v) is 12.7.